The summed E-state index contributed by atoms with van der Waals surface area (Å²) in [7, 11) is -3.55. The van der Waals surface area contributed by atoms with E-state index in [1.165, 1.54) is 23.6 Å². The van der Waals surface area contributed by atoms with Crippen LogP contribution >= 0.6 is 15.9 Å². The quantitative estimate of drug-likeness (QED) is 0.741. The first kappa shape index (κ1) is 17.3. The van der Waals surface area contributed by atoms with E-state index in [0.717, 1.165) is 36.7 Å². The van der Waals surface area contributed by atoms with Gasteiger partial charge in [0.25, 0.3) is 10.0 Å². The Hall–Kier alpha value is -1.12. The van der Waals surface area contributed by atoms with Crippen LogP contribution in [-0.2, 0) is 10.0 Å². The first-order chi connectivity index (χ1) is 12.1. The first-order valence-corrected chi connectivity index (χ1v) is 11.1. The Morgan fingerprint density at radius 2 is 1.68 bits per heavy atom. The van der Waals surface area contributed by atoms with Crippen molar-refractivity contribution in [3.05, 3.63) is 28.7 Å². The number of sulfonamides is 1. The van der Waals surface area contributed by atoms with Gasteiger partial charge in [0, 0.05) is 36.7 Å². The standard InChI is InChI=1S/C17H23BrN4O2S/c18-14-4-6-16(7-5-14)25(23,24)22-9-8-19-17(22)21-12-10-20(11-13-21)15-2-1-3-15/h4-7,15H,1-3,8-13H2. The molecule has 2 heterocycles. The fourth-order valence-corrected chi connectivity index (χ4v) is 5.39. The molecule has 1 aromatic rings. The lowest BCUT2D eigenvalue weighted by molar-refractivity contribution is 0.0833. The van der Waals surface area contributed by atoms with Gasteiger partial charge in [0.05, 0.1) is 18.0 Å². The second kappa shape index (κ2) is 6.89. The van der Waals surface area contributed by atoms with Gasteiger partial charge in [-0.1, -0.05) is 22.4 Å². The van der Waals surface area contributed by atoms with E-state index in [9.17, 15) is 8.42 Å². The van der Waals surface area contributed by atoms with Crippen LogP contribution in [0, 0.1) is 0 Å². The molecule has 1 aromatic carbocycles. The van der Waals surface area contributed by atoms with Gasteiger partial charge < -0.3 is 4.90 Å². The molecule has 4 rings (SSSR count). The summed E-state index contributed by atoms with van der Waals surface area (Å²) in [6.45, 7) is 4.65. The predicted molar refractivity (Wildman–Crippen MR) is 101 cm³/mol. The zero-order chi connectivity index (χ0) is 17.4. The average Bonchev–Trinajstić information content (AvgIpc) is 3.05. The molecule has 6 nitrogen and oxygen atoms in total. The van der Waals surface area contributed by atoms with E-state index < -0.39 is 10.0 Å². The number of guanidine groups is 1. The van der Waals surface area contributed by atoms with Crippen molar-refractivity contribution in [2.24, 2.45) is 4.99 Å². The van der Waals surface area contributed by atoms with Crippen LogP contribution in [0.3, 0.4) is 0 Å². The fraction of sp³-hybridized carbons (Fsp3) is 0.588. The minimum atomic E-state index is -3.55. The van der Waals surface area contributed by atoms with E-state index >= 15 is 0 Å². The molecule has 0 unspecified atom stereocenters. The molecule has 25 heavy (non-hydrogen) atoms. The third-order valence-corrected chi connectivity index (χ3v) is 7.69. The first-order valence-electron chi connectivity index (χ1n) is 8.87. The number of hydrogen-bond acceptors (Lipinski definition) is 5. The van der Waals surface area contributed by atoms with Gasteiger partial charge in [-0.15, -0.1) is 0 Å². The van der Waals surface area contributed by atoms with Gasteiger partial charge >= 0.3 is 0 Å². The maximum atomic E-state index is 13.0. The Morgan fingerprint density at radius 3 is 2.28 bits per heavy atom. The topological polar surface area (TPSA) is 56.2 Å². The molecule has 0 bridgehead atoms. The zero-order valence-electron chi connectivity index (χ0n) is 14.1. The molecule has 1 saturated heterocycles. The Kier molecular flexibility index (Phi) is 4.77. The molecular formula is C17H23BrN4O2S. The Balaban J connectivity index is 1.48. The van der Waals surface area contributed by atoms with E-state index in [-0.39, 0.29) is 0 Å². The second-order valence-corrected chi connectivity index (χ2v) is 9.60. The predicted octanol–water partition coefficient (Wildman–Crippen LogP) is 1.98. The molecule has 0 N–H and O–H groups in total. The van der Waals surface area contributed by atoms with Gasteiger partial charge in [-0.25, -0.2) is 12.7 Å². The van der Waals surface area contributed by atoms with Crippen molar-refractivity contribution in [2.45, 2.75) is 30.2 Å². The molecule has 0 spiro atoms. The minimum Gasteiger partial charge on any atom is -0.339 e. The summed E-state index contributed by atoms with van der Waals surface area (Å²) in [4.78, 5) is 9.52. The maximum absolute atomic E-state index is 13.0. The summed E-state index contributed by atoms with van der Waals surface area (Å²) < 4.78 is 28.4. The molecule has 0 amide bonds. The molecule has 2 aliphatic heterocycles. The molecular weight excluding hydrogens is 404 g/mol. The summed E-state index contributed by atoms with van der Waals surface area (Å²) in [6, 6.07) is 7.55. The summed E-state index contributed by atoms with van der Waals surface area (Å²) in [6.07, 6.45) is 3.97. The van der Waals surface area contributed by atoms with Gasteiger partial charge in [-0.3, -0.25) is 9.89 Å². The number of rotatable bonds is 3. The zero-order valence-corrected chi connectivity index (χ0v) is 16.5. The Morgan fingerprint density at radius 1 is 1.00 bits per heavy atom. The van der Waals surface area contributed by atoms with Gasteiger partial charge in [-0.05, 0) is 37.1 Å². The molecule has 0 aromatic heterocycles. The minimum absolute atomic E-state index is 0.318. The molecule has 136 valence electrons. The van der Waals surface area contributed by atoms with Crippen molar-refractivity contribution in [2.75, 3.05) is 39.3 Å². The number of benzene rings is 1. The fourth-order valence-electron chi connectivity index (χ4n) is 3.68. The van der Waals surface area contributed by atoms with E-state index in [1.807, 2.05) is 0 Å². The van der Waals surface area contributed by atoms with Gasteiger partial charge in [0.1, 0.15) is 0 Å². The van der Waals surface area contributed by atoms with Crippen molar-refractivity contribution in [1.82, 2.24) is 14.1 Å². The highest BCUT2D eigenvalue weighted by Crippen LogP contribution is 2.27. The number of halogens is 1. The number of aliphatic imine (C=N–C) groups is 1. The van der Waals surface area contributed by atoms with Crippen molar-refractivity contribution in [3.63, 3.8) is 0 Å². The van der Waals surface area contributed by atoms with Crippen LogP contribution in [0.25, 0.3) is 0 Å². The van der Waals surface area contributed by atoms with Crippen LogP contribution in [0.5, 0.6) is 0 Å². The van der Waals surface area contributed by atoms with E-state index in [1.54, 1.807) is 24.3 Å². The summed E-state index contributed by atoms with van der Waals surface area (Å²) in [5.74, 6) is 0.621. The highest BCUT2D eigenvalue weighted by Gasteiger charge is 2.36. The van der Waals surface area contributed by atoms with Crippen LogP contribution in [0.4, 0.5) is 0 Å². The van der Waals surface area contributed by atoms with Crippen molar-refractivity contribution in [1.29, 1.82) is 0 Å². The highest BCUT2D eigenvalue weighted by molar-refractivity contribution is 9.10. The highest BCUT2D eigenvalue weighted by atomic mass is 79.9. The molecule has 1 saturated carbocycles. The molecule has 1 aliphatic carbocycles. The largest absolute Gasteiger partial charge is 0.339 e. The average molecular weight is 427 g/mol. The Labute approximate surface area is 157 Å². The van der Waals surface area contributed by atoms with Gasteiger partial charge in [0.2, 0.25) is 5.96 Å². The van der Waals surface area contributed by atoms with Crippen LogP contribution in [0.1, 0.15) is 19.3 Å². The SMILES string of the molecule is O=S(=O)(c1ccc(Br)cc1)N1CCN=C1N1CCN(C2CCC2)CC1. The number of nitrogens with zero attached hydrogens (tertiary/aromatic N) is 4. The summed E-state index contributed by atoms with van der Waals surface area (Å²) >= 11 is 3.35. The lowest BCUT2D eigenvalue weighted by atomic mass is 9.91. The summed E-state index contributed by atoms with van der Waals surface area (Å²) in [5, 5.41) is 0. The van der Waals surface area contributed by atoms with Crippen LogP contribution in [-0.4, -0.2) is 73.8 Å². The number of piperazine rings is 1. The van der Waals surface area contributed by atoms with Crippen LogP contribution in [0.2, 0.25) is 0 Å². The third-order valence-electron chi connectivity index (χ3n) is 5.37. The molecule has 8 heteroatoms. The van der Waals surface area contributed by atoms with Crippen molar-refractivity contribution < 1.29 is 8.42 Å². The van der Waals surface area contributed by atoms with E-state index in [2.05, 4.69) is 30.7 Å². The molecule has 0 atom stereocenters. The Bertz CT molecular complexity index is 753. The summed E-state index contributed by atoms with van der Waals surface area (Å²) in [5.41, 5.74) is 0. The lowest BCUT2D eigenvalue weighted by Crippen LogP contribution is -2.56. The van der Waals surface area contributed by atoms with Gasteiger partial charge in [-0.2, -0.15) is 0 Å². The maximum Gasteiger partial charge on any atom is 0.266 e. The van der Waals surface area contributed by atoms with Crippen molar-refractivity contribution >= 4 is 31.9 Å². The second-order valence-electron chi connectivity index (χ2n) is 6.82. The van der Waals surface area contributed by atoms with Crippen LogP contribution in [0.15, 0.2) is 38.6 Å². The lowest BCUT2D eigenvalue weighted by Gasteiger charge is -2.44. The number of hydrogen-bond donors (Lipinski definition) is 0. The van der Waals surface area contributed by atoms with E-state index in [4.69, 9.17) is 0 Å². The molecule has 0 radical (unpaired) electrons. The smallest absolute Gasteiger partial charge is 0.266 e. The third kappa shape index (κ3) is 3.31. The van der Waals surface area contributed by atoms with Gasteiger partial charge in [0.15, 0.2) is 0 Å². The monoisotopic (exact) mass is 426 g/mol. The van der Waals surface area contributed by atoms with Crippen molar-refractivity contribution in [3.8, 4) is 0 Å². The normalized spacial score (nSPS) is 22.8. The molecule has 2 fully saturated rings. The van der Waals surface area contributed by atoms with Crippen LogP contribution < -0.4 is 0 Å². The molecule has 3 aliphatic rings. The van der Waals surface area contributed by atoms with E-state index in [0.29, 0.717) is 23.9 Å².